The predicted octanol–water partition coefficient (Wildman–Crippen LogP) is 3.58. The molecule has 0 saturated heterocycles. The highest BCUT2D eigenvalue weighted by Gasteiger charge is 2.22. The molecule has 2 aromatic carbocycles. The molecule has 8 nitrogen and oxygen atoms in total. The second-order valence-corrected chi connectivity index (χ2v) is 9.69. The predicted molar refractivity (Wildman–Crippen MR) is 123 cm³/mol. The normalized spacial score (nSPS) is 14.6. The summed E-state index contributed by atoms with van der Waals surface area (Å²) < 4.78 is 33.7. The standard InChI is InChI=1S/C23H29N3O5S/c1-16-14-21(32(29,30)26-20-6-4-3-5-7-20)12-13-22(16)31-15-23(28)25-19-10-8-18(9-11-19)24-17(2)27/h8-14,20,26H,3-7,15H2,1-2H3,(H,24,27)(H,25,28). The molecule has 3 rings (SSSR count). The summed E-state index contributed by atoms with van der Waals surface area (Å²) in [6.07, 6.45) is 4.97. The Bertz CT molecular complexity index is 1060. The Kier molecular flexibility index (Phi) is 7.87. The Morgan fingerprint density at radius 2 is 1.59 bits per heavy atom. The van der Waals surface area contributed by atoms with E-state index in [0.717, 1.165) is 32.1 Å². The Morgan fingerprint density at radius 3 is 2.19 bits per heavy atom. The van der Waals surface area contributed by atoms with E-state index in [1.165, 1.54) is 13.0 Å². The van der Waals surface area contributed by atoms with E-state index in [0.29, 0.717) is 22.7 Å². The fourth-order valence-electron chi connectivity index (χ4n) is 3.64. The lowest BCUT2D eigenvalue weighted by molar-refractivity contribution is -0.118. The number of carbonyl (C=O) groups is 2. The number of amides is 2. The fraction of sp³-hybridized carbons (Fsp3) is 0.391. The van der Waals surface area contributed by atoms with E-state index >= 15 is 0 Å². The number of benzene rings is 2. The molecule has 1 saturated carbocycles. The van der Waals surface area contributed by atoms with Crippen LogP contribution in [0.25, 0.3) is 0 Å². The molecule has 32 heavy (non-hydrogen) atoms. The van der Waals surface area contributed by atoms with Crippen LogP contribution in [-0.4, -0.2) is 32.9 Å². The summed E-state index contributed by atoms with van der Waals surface area (Å²) in [5.41, 5.74) is 1.83. The van der Waals surface area contributed by atoms with E-state index in [1.54, 1.807) is 43.3 Å². The number of sulfonamides is 1. The fourth-order valence-corrected chi connectivity index (χ4v) is 5.03. The van der Waals surface area contributed by atoms with Crippen molar-refractivity contribution in [3.8, 4) is 5.75 Å². The average Bonchev–Trinajstić information content (AvgIpc) is 2.74. The summed E-state index contributed by atoms with van der Waals surface area (Å²) >= 11 is 0. The minimum atomic E-state index is -3.59. The quantitative estimate of drug-likeness (QED) is 0.558. The summed E-state index contributed by atoms with van der Waals surface area (Å²) in [7, 11) is -3.59. The molecule has 3 N–H and O–H groups in total. The molecule has 0 spiro atoms. The first-order valence-electron chi connectivity index (χ1n) is 10.7. The van der Waals surface area contributed by atoms with Crippen LogP contribution < -0.4 is 20.1 Å². The van der Waals surface area contributed by atoms with Gasteiger partial charge in [0, 0.05) is 24.3 Å². The van der Waals surface area contributed by atoms with Gasteiger partial charge in [0.05, 0.1) is 4.90 Å². The first kappa shape index (κ1) is 23.7. The van der Waals surface area contributed by atoms with Crippen LogP contribution >= 0.6 is 0 Å². The number of nitrogens with one attached hydrogen (secondary N) is 3. The van der Waals surface area contributed by atoms with Crippen LogP contribution in [-0.2, 0) is 19.6 Å². The molecule has 0 unspecified atom stereocenters. The maximum absolute atomic E-state index is 12.7. The highest BCUT2D eigenvalue weighted by atomic mass is 32.2. The summed E-state index contributed by atoms with van der Waals surface area (Å²) in [4.78, 5) is 23.4. The molecule has 0 aromatic heterocycles. The van der Waals surface area contributed by atoms with E-state index in [4.69, 9.17) is 4.74 Å². The van der Waals surface area contributed by atoms with Crippen molar-refractivity contribution in [1.29, 1.82) is 0 Å². The highest BCUT2D eigenvalue weighted by Crippen LogP contribution is 2.24. The molecule has 9 heteroatoms. The number of anilines is 2. The molecule has 1 aliphatic carbocycles. The molecule has 0 aliphatic heterocycles. The summed E-state index contributed by atoms with van der Waals surface area (Å²) in [6, 6.07) is 11.3. The number of hydrogen-bond acceptors (Lipinski definition) is 5. The van der Waals surface area contributed by atoms with Gasteiger partial charge in [-0.25, -0.2) is 13.1 Å². The smallest absolute Gasteiger partial charge is 0.262 e. The largest absolute Gasteiger partial charge is 0.483 e. The minimum Gasteiger partial charge on any atom is -0.483 e. The number of ether oxygens (including phenoxy) is 1. The summed E-state index contributed by atoms with van der Waals surface area (Å²) in [5.74, 6) is -0.0840. The lowest BCUT2D eigenvalue weighted by Gasteiger charge is -2.22. The van der Waals surface area contributed by atoms with Gasteiger partial charge in [-0.1, -0.05) is 19.3 Å². The summed E-state index contributed by atoms with van der Waals surface area (Å²) in [5, 5.41) is 5.36. The molecule has 1 aliphatic rings. The van der Waals surface area contributed by atoms with Crippen LogP contribution in [0.2, 0.25) is 0 Å². The molecular weight excluding hydrogens is 430 g/mol. The zero-order valence-corrected chi connectivity index (χ0v) is 19.1. The van der Waals surface area contributed by atoms with E-state index < -0.39 is 10.0 Å². The van der Waals surface area contributed by atoms with Crippen molar-refractivity contribution in [3.63, 3.8) is 0 Å². The van der Waals surface area contributed by atoms with E-state index in [1.807, 2.05) is 0 Å². The third-order valence-electron chi connectivity index (χ3n) is 5.23. The van der Waals surface area contributed by atoms with Crippen LogP contribution in [0.1, 0.15) is 44.6 Å². The summed E-state index contributed by atoms with van der Waals surface area (Å²) in [6.45, 7) is 2.94. The van der Waals surface area contributed by atoms with Crippen LogP contribution in [0.15, 0.2) is 47.4 Å². The van der Waals surface area contributed by atoms with Gasteiger partial charge in [0.1, 0.15) is 5.75 Å². The van der Waals surface area contributed by atoms with Crippen LogP contribution in [0, 0.1) is 6.92 Å². The Hall–Kier alpha value is -2.91. The van der Waals surface area contributed by atoms with Gasteiger partial charge in [-0.15, -0.1) is 0 Å². The van der Waals surface area contributed by atoms with Crippen molar-refractivity contribution in [2.45, 2.75) is 56.9 Å². The lowest BCUT2D eigenvalue weighted by atomic mass is 9.96. The first-order valence-corrected chi connectivity index (χ1v) is 12.1. The molecule has 0 bridgehead atoms. The third kappa shape index (κ3) is 6.80. The number of hydrogen-bond donors (Lipinski definition) is 3. The second kappa shape index (κ2) is 10.6. The molecule has 0 heterocycles. The molecule has 2 aromatic rings. The Balaban J connectivity index is 1.55. The van der Waals surface area contributed by atoms with Gasteiger partial charge in [0.15, 0.2) is 6.61 Å². The zero-order chi connectivity index (χ0) is 23.1. The van der Waals surface area contributed by atoms with E-state index in [-0.39, 0.29) is 29.4 Å². The second-order valence-electron chi connectivity index (χ2n) is 7.98. The maximum atomic E-state index is 12.7. The number of rotatable bonds is 8. The van der Waals surface area contributed by atoms with Gasteiger partial charge < -0.3 is 15.4 Å². The van der Waals surface area contributed by atoms with E-state index in [9.17, 15) is 18.0 Å². The van der Waals surface area contributed by atoms with Crippen molar-refractivity contribution in [2.24, 2.45) is 0 Å². The first-order chi connectivity index (χ1) is 15.2. The van der Waals surface area contributed by atoms with Crippen molar-refractivity contribution >= 4 is 33.2 Å². The minimum absolute atomic E-state index is 0.0130. The molecule has 2 amide bonds. The van der Waals surface area contributed by atoms with Crippen molar-refractivity contribution in [1.82, 2.24) is 4.72 Å². The lowest BCUT2D eigenvalue weighted by Crippen LogP contribution is -2.36. The van der Waals surface area contributed by atoms with Gasteiger partial charge in [0.2, 0.25) is 15.9 Å². The monoisotopic (exact) mass is 459 g/mol. The van der Waals surface area contributed by atoms with Crippen molar-refractivity contribution in [2.75, 3.05) is 17.2 Å². The molecular formula is C23H29N3O5S. The molecule has 1 fully saturated rings. The van der Waals surface area contributed by atoms with Gasteiger partial charge in [-0.3, -0.25) is 9.59 Å². The third-order valence-corrected chi connectivity index (χ3v) is 6.75. The van der Waals surface area contributed by atoms with E-state index in [2.05, 4.69) is 15.4 Å². The van der Waals surface area contributed by atoms with Gasteiger partial charge >= 0.3 is 0 Å². The van der Waals surface area contributed by atoms with Crippen LogP contribution in [0.4, 0.5) is 11.4 Å². The molecule has 0 atom stereocenters. The van der Waals surface area contributed by atoms with Gasteiger partial charge in [-0.2, -0.15) is 0 Å². The Labute approximate surface area is 188 Å². The van der Waals surface area contributed by atoms with Gasteiger partial charge in [-0.05, 0) is 67.8 Å². The van der Waals surface area contributed by atoms with Gasteiger partial charge in [0.25, 0.3) is 5.91 Å². The van der Waals surface area contributed by atoms with Crippen LogP contribution in [0.5, 0.6) is 5.75 Å². The topological polar surface area (TPSA) is 114 Å². The van der Waals surface area contributed by atoms with Crippen molar-refractivity contribution in [3.05, 3.63) is 48.0 Å². The van der Waals surface area contributed by atoms with Crippen molar-refractivity contribution < 1.29 is 22.7 Å². The SMILES string of the molecule is CC(=O)Nc1ccc(NC(=O)COc2ccc(S(=O)(=O)NC3CCCCC3)cc2C)cc1. The number of carbonyl (C=O) groups excluding carboxylic acids is 2. The molecule has 0 radical (unpaired) electrons. The number of aryl methyl sites for hydroxylation is 1. The molecule has 172 valence electrons. The highest BCUT2D eigenvalue weighted by molar-refractivity contribution is 7.89. The maximum Gasteiger partial charge on any atom is 0.262 e. The zero-order valence-electron chi connectivity index (χ0n) is 18.3. The Morgan fingerprint density at radius 1 is 0.969 bits per heavy atom. The van der Waals surface area contributed by atoms with Crippen LogP contribution in [0.3, 0.4) is 0 Å². The average molecular weight is 460 g/mol.